The molecule has 5 heteroatoms. The van der Waals surface area contributed by atoms with Crippen molar-refractivity contribution in [3.63, 3.8) is 0 Å². The van der Waals surface area contributed by atoms with Crippen molar-refractivity contribution in [2.75, 3.05) is 0 Å². The van der Waals surface area contributed by atoms with E-state index in [1.165, 1.54) is 12.1 Å². The fourth-order valence-electron chi connectivity index (χ4n) is 2.58. The van der Waals surface area contributed by atoms with E-state index in [0.717, 1.165) is 16.7 Å². The highest BCUT2D eigenvalue weighted by Crippen LogP contribution is 2.25. The molecular weight excluding hydrogens is 363 g/mol. The van der Waals surface area contributed by atoms with Crippen LogP contribution in [0.2, 0.25) is 5.02 Å². The Morgan fingerprint density at radius 1 is 0.741 bits per heavy atom. The van der Waals surface area contributed by atoms with Gasteiger partial charge >= 0.3 is 0 Å². The molecular formula is C22H14ClFN2O. The molecule has 0 aliphatic carbocycles. The van der Waals surface area contributed by atoms with Gasteiger partial charge in [0.1, 0.15) is 5.82 Å². The second-order valence-corrected chi connectivity index (χ2v) is 6.30. The van der Waals surface area contributed by atoms with E-state index in [1.54, 1.807) is 12.1 Å². The Hall–Kier alpha value is -3.24. The normalized spacial score (nSPS) is 11.2. The maximum Gasteiger partial charge on any atom is 0.248 e. The summed E-state index contributed by atoms with van der Waals surface area (Å²) >= 11 is 6.16. The van der Waals surface area contributed by atoms with E-state index in [2.05, 4.69) is 10.2 Å². The molecule has 0 atom stereocenters. The molecule has 1 aromatic heterocycles. The van der Waals surface area contributed by atoms with Crippen LogP contribution in [0, 0.1) is 5.82 Å². The van der Waals surface area contributed by atoms with Crippen molar-refractivity contribution in [1.29, 1.82) is 0 Å². The van der Waals surface area contributed by atoms with Gasteiger partial charge in [-0.15, -0.1) is 10.2 Å². The van der Waals surface area contributed by atoms with Gasteiger partial charge in [-0.05, 0) is 53.6 Å². The number of halogens is 2. The number of hydrogen-bond donors (Lipinski definition) is 0. The first-order chi connectivity index (χ1) is 13.2. The lowest BCUT2D eigenvalue weighted by atomic mass is 10.1. The largest absolute Gasteiger partial charge is 0.416 e. The van der Waals surface area contributed by atoms with E-state index < -0.39 is 0 Å². The molecule has 0 radical (unpaired) electrons. The first-order valence-corrected chi connectivity index (χ1v) is 8.69. The average molecular weight is 377 g/mol. The monoisotopic (exact) mass is 376 g/mol. The van der Waals surface area contributed by atoms with Crippen LogP contribution in [0.4, 0.5) is 4.39 Å². The first-order valence-electron chi connectivity index (χ1n) is 8.31. The molecule has 0 aliphatic rings. The Kier molecular flexibility index (Phi) is 4.81. The molecule has 0 bridgehead atoms. The van der Waals surface area contributed by atoms with Crippen molar-refractivity contribution in [3.8, 4) is 22.9 Å². The van der Waals surface area contributed by atoms with Gasteiger partial charge in [-0.2, -0.15) is 0 Å². The Bertz CT molecular complexity index is 1090. The fourth-order valence-corrected chi connectivity index (χ4v) is 2.78. The molecule has 1 heterocycles. The second kappa shape index (κ2) is 7.56. The summed E-state index contributed by atoms with van der Waals surface area (Å²) in [5.41, 5.74) is 3.47. The van der Waals surface area contributed by atoms with Crippen LogP contribution >= 0.6 is 11.6 Å². The fraction of sp³-hybridized carbons (Fsp3) is 0. The summed E-state index contributed by atoms with van der Waals surface area (Å²) in [5.74, 6) is 0.461. The molecule has 0 spiro atoms. The Morgan fingerprint density at radius 2 is 1.33 bits per heavy atom. The van der Waals surface area contributed by atoms with Gasteiger partial charge in [0.05, 0.1) is 0 Å². The third kappa shape index (κ3) is 3.96. The van der Waals surface area contributed by atoms with Crippen molar-refractivity contribution in [2.24, 2.45) is 0 Å². The summed E-state index contributed by atoms with van der Waals surface area (Å²) in [5, 5.41) is 8.82. The molecule has 4 aromatic rings. The summed E-state index contributed by atoms with van der Waals surface area (Å²) in [6.07, 6.45) is 3.96. The number of hydrogen-bond acceptors (Lipinski definition) is 3. The SMILES string of the molecule is Fc1ccc(-c2nnc(-c3ccc(/C=C/c4ccccc4Cl)cc3)o2)cc1. The van der Waals surface area contributed by atoms with Gasteiger partial charge in [0.2, 0.25) is 11.8 Å². The maximum absolute atomic E-state index is 13.0. The Labute approximate surface area is 160 Å². The van der Waals surface area contributed by atoms with Crippen molar-refractivity contribution in [3.05, 3.63) is 94.8 Å². The summed E-state index contributed by atoms with van der Waals surface area (Å²) in [4.78, 5) is 0. The molecule has 0 saturated heterocycles. The topological polar surface area (TPSA) is 38.9 Å². The summed E-state index contributed by atoms with van der Waals surface area (Å²) in [6.45, 7) is 0. The molecule has 0 aliphatic heterocycles. The highest BCUT2D eigenvalue weighted by molar-refractivity contribution is 6.32. The number of nitrogens with zero attached hydrogens (tertiary/aromatic N) is 2. The third-order valence-electron chi connectivity index (χ3n) is 4.03. The van der Waals surface area contributed by atoms with Crippen molar-refractivity contribution >= 4 is 23.8 Å². The van der Waals surface area contributed by atoms with E-state index in [4.69, 9.17) is 16.0 Å². The van der Waals surface area contributed by atoms with Crippen LogP contribution in [0.25, 0.3) is 35.1 Å². The van der Waals surface area contributed by atoms with Crippen molar-refractivity contribution in [2.45, 2.75) is 0 Å². The number of aromatic nitrogens is 2. The molecule has 3 nitrogen and oxygen atoms in total. The molecule has 132 valence electrons. The van der Waals surface area contributed by atoms with Gasteiger partial charge in [0.25, 0.3) is 0 Å². The maximum atomic E-state index is 13.0. The predicted molar refractivity (Wildman–Crippen MR) is 106 cm³/mol. The first kappa shape index (κ1) is 17.2. The van der Waals surface area contributed by atoms with Crippen LogP contribution in [-0.2, 0) is 0 Å². The van der Waals surface area contributed by atoms with Crippen LogP contribution in [0.15, 0.2) is 77.2 Å². The quantitative estimate of drug-likeness (QED) is 0.388. The highest BCUT2D eigenvalue weighted by atomic mass is 35.5. The van der Waals surface area contributed by atoms with Gasteiger partial charge < -0.3 is 4.42 Å². The van der Waals surface area contributed by atoms with Gasteiger partial charge in [-0.1, -0.05) is 54.1 Å². The molecule has 4 rings (SSSR count). The summed E-state index contributed by atoms with van der Waals surface area (Å²) in [6, 6.07) is 21.4. The minimum absolute atomic E-state index is 0.307. The Balaban J connectivity index is 1.53. The predicted octanol–water partition coefficient (Wildman–Crippen LogP) is 6.37. The molecule has 0 fully saturated rings. The van der Waals surface area contributed by atoms with Crippen molar-refractivity contribution in [1.82, 2.24) is 10.2 Å². The third-order valence-corrected chi connectivity index (χ3v) is 4.38. The average Bonchev–Trinajstić information content (AvgIpc) is 3.18. The standard InChI is InChI=1S/C22H14ClFN2O/c23-20-4-2-1-3-16(20)8-5-15-6-9-17(10-7-15)21-25-26-22(27-21)18-11-13-19(24)14-12-18/h1-14H/b8-5+. The van der Waals surface area contributed by atoms with Crippen LogP contribution in [0.1, 0.15) is 11.1 Å². The van der Waals surface area contributed by atoms with Gasteiger partial charge in [-0.25, -0.2) is 4.39 Å². The minimum atomic E-state index is -0.307. The van der Waals surface area contributed by atoms with Crippen LogP contribution < -0.4 is 0 Å². The van der Waals surface area contributed by atoms with Gasteiger partial charge in [0.15, 0.2) is 0 Å². The number of rotatable bonds is 4. The molecule has 0 unspecified atom stereocenters. The van der Waals surface area contributed by atoms with E-state index in [9.17, 15) is 4.39 Å². The lowest BCUT2D eigenvalue weighted by Crippen LogP contribution is -1.79. The zero-order chi connectivity index (χ0) is 18.6. The molecule has 27 heavy (non-hydrogen) atoms. The van der Waals surface area contributed by atoms with Crippen LogP contribution in [0.3, 0.4) is 0 Å². The Morgan fingerprint density at radius 3 is 1.96 bits per heavy atom. The number of benzene rings is 3. The highest BCUT2D eigenvalue weighted by Gasteiger charge is 2.10. The van der Waals surface area contributed by atoms with Crippen LogP contribution in [0.5, 0.6) is 0 Å². The second-order valence-electron chi connectivity index (χ2n) is 5.90. The molecule has 0 amide bonds. The minimum Gasteiger partial charge on any atom is -0.416 e. The van der Waals surface area contributed by atoms with Crippen LogP contribution in [-0.4, -0.2) is 10.2 Å². The smallest absolute Gasteiger partial charge is 0.248 e. The zero-order valence-electron chi connectivity index (χ0n) is 14.1. The van der Waals surface area contributed by atoms with E-state index in [-0.39, 0.29) is 5.82 Å². The van der Waals surface area contributed by atoms with E-state index in [1.807, 2.05) is 60.7 Å². The molecule has 0 saturated carbocycles. The summed E-state index contributed by atoms with van der Waals surface area (Å²) in [7, 11) is 0. The van der Waals surface area contributed by atoms with E-state index >= 15 is 0 Å². The zero-order valence-corrected chi connectivity index (χ0v) is 14.9. The summed E-state index contributed by atoms with van der Waals surface area (Å²) < 4.78 is 18.7. The van der Waals surface area contributed by atoms with E-state index in [0.29, 0.717) is 22.4 Å². The van der Waals surface area contributed by atoms with Crippen molar-refractivity contribution < 1.29 is 8.81 Å². The van der Waals surface area contributed by atoms with Gasteiger partial charge in [0, 0.05) is 16.1 Å². The molecule has 0 N–H and O–H groups in total. The lowest BCUT2D eigenvalue weighted by Gasteiger charge is -1.99. The van der Waals surface area contributed by atoms with Gasteiger partial charge in [-0.3, -0.25) is 0 Å². The molecule has 3 aromatic carbocycles. The lowest BCUT2D eigenvalue weighted by molar-refractivity contribution is 0.584.